The number of nitrogens with zero attached hydrogens (tertiary/aromatic N) is 1. The molecule has 0 amide bonds. The van der Waals surface area contributed by atoms with Crippen LogP contribution in [0.1, 0.15) is 19.8 Å². The quantitative estimate of drug-likeness (QED) is 0.812. The number of pyridine rings is 1. The molecular weight excluding hydrogens is 322 g/mol. The molecule has 0 radical (unpaired) electrons. The summed E-state index contributed by atoms with van der Waals surface area (Å²) < 4.78 is 1.94. The molecule has 1 aromatic rings. The zero-order valence-electron chi connectivity index (χ0n) is 8.63. The van der Waals surface area contributed by atoms with E-state index in [0.717, 1.165) is 34.1 Å². The second-order valence-electron chi connectivity index (χ2n) is 3.53. The second-order valence-corrected chi connectivity index (χ2v) is 5.30. The highest BCUT2D eigenvalue weighted by molar-refractivity contribution is 9.11. The largest absolute Gasteiger partial charge is 0.369 e. The Bertz CT molecular complexity index is 316. The van der Waals surface area contributed by atoms with Crippen molar-refractivity contribution in [2.24, 2.45) is 5.73 Å². The molecule has 0 fully saturated rings. The van der Waals surface area contributed by atoms with E-state index in [1.54, 1.807) is 6.20 Å². The molecule has 0 spiro atoms. The summed E-state index contributed by atoms with van der Waals surface area (Å²) in [7, 11) is 0. The van der Waals surface area contributed by atoms with E-state index in [4.69, 9.17) is 5.73 Å². The van der Waals surface area contributed by atoms with Gasteiger partial charge in [-0.2, -0.15) is 0 Å². The molecular formula is C10H15Br2N3. The van der Waals surface area contributed by atoms with Gasteiger partial charge in [-0.3, -0.25) is 0 Å². The van der Waals surface area contributed by atoms with Crippen LogP contribution >= 0.6 is 31.9 Å². The van der Waals surface area contributed by atoms with Crippen LogP contribution < -0.4 is 11.1 Å². The summed E-state index contributed by atoms with van der Waals surface area (Å²) in [6.45, 7) is 2.92. The maximum Gasteiger partial charge on any atom is 0.140 e. The molecule has 1 heterocycles. The summed E-state index contributed by atoms with van der Waals surface area (Å²) in [6.07, 6.45) is 3.86. The van der Waals surface area contributed by atoms with Gasteiger partial charge in [-0.05, 0) is 57.7 Å². The summed E-state index contributed by atoms with van der Waals surface area (Å²) in [5, 5.41) is 3.26. The Kier molecular flexibility index (Phi) is 5.56. The third-order valence-electron chi connectivity index (χ3n) is 1.94. The van der Waals surface area contributed by atoms with Gasteiger partial charge in [0.15, 0.2) is 0 Å². The molecule has 0 saturated heterocycles. The van der Waals surface area contributed by atoms with Crippen molar-refractivity contribution in [2.75, 3.05) is 11.9 Å². The minimum atomic E-state index is 0.271. The van der Waals surface area contributed by atoms with E-state index in [1.807, 2.05) is 13.0 Å². The van der Waals surface area contributed by atoms with Crippen molar-refractivity contribution in [3.63, 3.8) is 0 Å². The molecule has 3 nitrogen and oxygen atoms in total. The van der Waals surface area contributed by atoms with Crippen molar-refractivity contribution >= 4 is 37.7 Å². The molecule has 0 saturated carbocycles. The molecule has 1 unspecified atom stereocenters. The fourth-order valence-electron chi connectivity index (χ4n) is 1.18. The van der Waals surface area contributed by atoms with Crippen LogP contribution in [-0.4, -0.2) is 17.6 Å². The summed E-state index contributed by atoms with van der Waals surface area (Å²) >= 11 is 6.81. The Morgan fingerprint density at radius 1 is 1.53 bits per heavy atom. The van der Waals surface area contributed by atoms with Crippen LogP contribution in [0.2, 0.25) is 0 Å². The van der Waals surface area contributed by atoms with Gasteiger partial charge < -0.3 is 11.1 Å². The molecule has 1 rings (SSSR count). The lowest BCUT2D eigenvalue weighted by Crippen LogP contribution is -2.16. The number of hydrogen-bond donors (Lipinski definition) is 2. The van der Waals surface area contributed by atoms with Gasteiger partial charge in [-0.15, -0.1) is 0 Å². The lowest BCUT2D eigenvalue weighted by molar-refractivity contribution is 0.639. The average molecular weight is 337 g/mol. The number of aromatic nitrogens is 1. The summed E-state index contributed by atoms with van der Waals surface area (Å²) in [5.74, 6) is 0.878. The van der Waals surface area contributed by atoms with E-state index in [-0.39, 0.29) is 6.04 Å². The van der Waals surface area contributed by atoms with Crippen molar-refractivity contribution in [1.82, 2.24) is 4.98 Å². The molecule has 0 aliphatic rings. The van der Waals surface area contributed by atoms with Gasteiger partial charge in [0.25, 0.3) is 0 Å². The number of halogens is 2. The predicted molar refractivity (Wildman–Crippen MR) is 71.0 cm³/mol. The number of rotatable bonds is 5. The van der Waals surface area contributed by atoms with Gasteiger partial charge in [0.05, 0.1) is 4.47 Å². The van der Waals surface area contributed by atoms with E-state index in [2.05, 4.69) is 42.2 Å². The first-order valence-corrected chi connectivity index (χ1v) is 6.48. The maximum absolute atomic E-state index is 5.66. The van der Waals surface area contributed by atoms with Crippen LogP contribution in [0.15, 0.2) is 21.2 Å². The minimum Gasteiger partial charge on any atom is -0.369 e. The van der Waals surface area contributed by atoms with Gasteiger partial charge in [-0.25, -0.2) is 4.98 Å². The second kappa shape index (κ2) is 6.45. The fourth-order valence-corrected chi connectivity index (χ4v) is 2.30. The normalized spacial score (nSPS) is 12.5. The Balaban J connectivity index is 2.37. The molecule has 1 aromatic heterocycles. The van der Waals surface area contributed by atoms with Gasteiger partial charge in [0.2, 0.25) is 0 Å². The molecule has 3 N–H and O–H groups in total. The maximum atomic E-state index is 5.66. The minimum absolute atomic E-state index is 0.271. The van der Waals surface area contributed by atoms with Crippen LogP contribution in [0.3, 0.4) is 0 Å². The molecule has 0 aliphatic heterocycles. The Morgan fingerprint density at radius 3 is 2.87 bits per heavy atom. The molecule has 15 heavy (non-hydrogen) atoms. The zero-order chi connectivity index (χ0) is 11.3. The van der Waals surface area contributed by atoms with Gasteiger partial charge in [0.1, 0.15) is 5.82 Å². The smallest absolute Gasteiger partial charge is 0.140 e. The zero-order valence-corrected chi connectivity index (χ0v) is 11.8. The third kappa shape index (κ3) is 4.95. The van der Waals surface area contributed by atoms with E-state index in [0.29, 0.717) is 0 Å². The number of anilines is 1. The summed E-state index contributed by atoms with van der Waals surface area (Å²) in [5.41, 5.74) is 5.66. The van der Waals surface area contributed by atoms with E-state index in [1.165, 1.54) is 0 Å². The number of nitrogens with one attached hydrogen (secondary N) is 1. The lowest BCUT2D eigenvalue weighted by Gasteiger charge is -2.08. The summed E-state index contributed by atoms with van der Waals surface area (Å²) in [6, 6.07) is 2.24. The average Bonchev–Trinajstić information content (AvgIpc) is 2.14. The molecule has 0 aromatic carbocycles. The van der Waals surface area contributed by atoms with Gasteiger partial charge >= 0.3 is 0 Å². The Labute approximate surface area is 107 Å². The Hall–Kier alpha value is -0.130. The molecule has 1 atom stereocenters. The highest BCUT2D eigenvalue weighted by Crippen LogP contribution is 2.23. The number of nitrogens with two attached hydrogens (primary N) is 1. The monoisotopic (exact) mass is 335 g/mol. The van der Waals surface area contributed by atoms with Crippen LogP contribution in [0, 0.1) is 0 Å². The molecule has 84 valence electrons. The lowest BCUT2D eigenvalue weighted by atomic mass is 10.2. The fraction of sp³-hybridized carbons (Fsp3) is 0.500. The van der Waals surface area contributed by atoms with Gasteiger partial charge in [0, 0.05) is 23.3 Å². The highest BCUT2D eigenvalue weighted by Gasteiger charge is 2.01. The third-order valence-corrected chi connectivity index (χ3v) is 2.97. The standard InChI is InChI=1S/C10H15Br2N3/c1-7(13)3-2-4-14-10-9(12)5-8(11)6-15-10/h5-7H,2-4,13H2,1H3,(H,14,15). The first kappa shape index (κ1) is 12.9. The van der Waals surface area contributed by atoms with E-state index < -0.39 is 0 Å². The van der Waals surface area contributed by atoms with Crippen molar-refractivity contribution in [1.29, 1.82) is 0 Å². The van der Waals surface area contributed by atoms with Crippen LogP contribution in [0.25, 0.3) is 0 Å². The van der Waals surface area contributed by atoms with Crippen LogP contribution in [-0.2, 0) is 0 Å². The van der Waals surface area contributed by atoms with Gasteiger partial charge in [-0.1, -0.05) is 0 Å². The van der Waals surface area contributed by atoms with Crippen LogP contribution in [0.4, 0.5) is 5.82 Å². The number of hydrogen-bond acceptors (Lipinski definition) is 3. The summed E-state index contributed by atoms with van der Waals surface area (Å²) in [4.78, 5) is 4.26. The van der Waals surface area contributed by atoms with Crippen molar-refractivity contribution in [2.45, 2.75) is 25.8 Å². The molecule has 0 bridgehead atoms. The highest BCUT2D eigenvalue weighted by atomic mass is 79.9. The molecule has 0 aliphatic carbocycles. The van der Waals surface area contributed by atoms with E-state index in [9.17, 15) is 0 Å². The first-order chi connectivity index (χ1) is 7.09. The van der Waals surface area contributed by atoms with Crippen LogP contribution in [0.5, 0.6) is 0 Å². The molecule has 5 heteroatoms. The predicted octanol–water partition coefficient (Wildman–Crippen LogP) is 3.15. The first-order valence-electron chi connectivity index (χ1n) is 4.90. The van der Waals surface area contributed by atoms with E-state index >= 15 is 0 Å². The Morgan fingerprint density at radius 2 is 2.27 bits per heavy atom. The van der Waals surface area contributed by atoms with Crippen molar-refractivity contribution < 1.29 is 0 Å². The SMILES string of the molecule is CC(N)CCCNc1ncc(Br)cc1Br. The topological polar surface area (TPSA) is 50.9 Å². The van der Waals surface area contributed by atoms with Crippen molar-refractivity contribution in [3.8, 4) is 0 Å². The van der Waals surface area contributed by atoms with Crippen molar-refractivity contribution in [3.05, 3.63) is 21.2 Å².